The normalized spacial score (nSPS) is 14.9. The number of carbonyl (C=O) groups is 2. The number of nitrogens with one attached hydrogen (secondary N) is 1. The monoisotopic (exact) mass is 584 g/mol. The van der Waals surface area contributed by atoms with Crippen molar-refractivity contribution in [1.82, 2.24) is 19.8 Å². The van der Waals surface area contributed by atoms with Gasteiger partial charge in [0.2, 0.25) is 11.7 Å². The van der Waals surface area contributed by atoms with Crippen molar-refractivity contribution in [3.8, 4) is 0 Å². The van der Waals surface area contributed by atoms with Crippen molar-refractivity contribution in [1.29, 1.82) is 0 Å². The summed E-state index contributed by atoms with van der Waals surface area (Å²) in [5.74, 6) is -5.41. The predicted molar refractivity (Wildman–Crippen MR) is 118 cm³/mol. The summed E-state index contributed by atoms with van der Waals surface area (Å²) in [6, 6.07) is -0.0973. The number of carbonyl (C=O) groups excluding carboxylic acids is 2. The topological polar surface area (TPSA) is 76.5 Å². The Morgan fingerprint density at radius 1 is 1.11 bits per heavy atom. The van der Waals surface area contributed by atoms with E-state index in [0.717, 1.165) is 4.57 Å². The van der Waals surface area contributed by atoms with E-state index in [1.165, 1.54) is 4.90 Å². The number of alkyl carbamates (subject to hydrolysis) is 1. The van der Waals surface area contributed by atoms with Crippen LogP contribution in [0.3, 0.4) is 0 Å². The highest BCUT2D eigenvalue weighted by Crippen LogP contribution is 2.34. The fourth-order valence-corrected chi connectivity index (χ4v) is 4.24. The molecule has 0 radical (unpaired) electrons. The van der Waals surface area contributed by atoms with Crippen LogP contribution in [0, 0.1) is 17.5 Å². The highest BCUT2D eigenvalue weighted by Gasteiger charge is 2.40. The first-order chi connectivity index (χ1) is 16.5. The van der Waals surface area contributed by atoms with E-state index >= 15 is 0 Å². The van der Waals surface area contributed by atoms with Crippen LogP contribution in [0.25, 0.3) is 0 Å². The number of rotatable bonds is 5. The maximum absolute atomic E-state index is 14.2. The summed E-state index contributed by atoms with van der Waals surface area (Å²) in [7, 11) is 0. The van der Waals surface area contributed by atoms with E-state index in [0.29, 0.717) is 12.1 Å². The van der Waals surface area contributed by atoms with Gasteiger partial charge in [-0.1, -0.05) is 0 Å². The van der Waals surface area contributed by atoms with Crippen LogP contribution in [0.4, 0.5) is 31.1 Å². The summed E-state index contributed by atoms with van der Waals surface area (Å²) < 4.78 is 87.1. The lowest BCUT2D eigenvalue weighted by molar-refractivity contribution is -0.148. The number of alkyl halides is 3. The third-order valence-corrected chi connectivity index (χ3v) is 5.90. The number of halogens is 7. The largest absolute Gasteiger partial charge is 0.449 e. The van der Waals surface area contributed by atoms with Crippen LogP contribution in [0.1, 0.15) is 44.3 Å². The van der Waals surface area contributed by atoms with Crippen LogP contribution in [0.5, 0.6) is 0 Å². The molecule has 1 aliphatic heterocycles. The van der Waals surface area contributed by atoms with Crippen molar-refractivity contribution < 1.29 is 40.7 Å². The Balaban J connectivity index is 1.79. The minimum absolute atomic E-state index is 0.0559. The van der Waals surface area contributed by atoms with Gasteiger partial charge in [-0.05, 0) is 54.8 Å². The highest BCUT2D eigenvalue weighted by molar-refractivity contribution is 9.10. The van der Waals surface area contributed by atoms with Crippen molar-refractivity contribution >= 4 is 27.9 Å². The van der Waals surface area contributed by atoms with Gasteiger partial charge in [0.1, 0.15) is 16.0 Å². The highest BCUT2D eigenvalue weighted by atomic mass is 79.9. The molecule has 198 valence electrons. The van der Waals surface area contributed by atoms with Crippen molar-refractivity contribution in [3.63, 3.8) is 0 Å². The molecule has 0 saturated carbocycles. The number of hydrogen-bond donors (Lipinski definition) is 1. The van der Waals surface area contributed by atoms with E-state index in [1.54, 1.807) is 20.8 Å². The number of nitrogens with zero attached hydrogens (tertiary/aromatic N) is 3. The van der Waals surface area contributed by atoms with Gasteiger partial charge in [0.05, 0.1) is 12.2 Å². The van der Waals surface area contributed by atoms with Gasteiger partial charge < -0.3 is 19.5 Å². The van der Waals surface area contributed by atoms with Crippen molar-refractivity contribution in [2.75, 3.05) is 6.54 Å². The smallest absolute Gasteiger partial charge is 0.444 e. The standard InChI is InChI=1S/C22H23BrF6N4O3/c1-21(2,3)36-20(35)30-12(6-11-7-14(25)15(26)9-13(11)24)8-17(34)32-4-5-33-16(10-32)18(23)31-19(33)22(27,28)29/h7,9,12H,4-6,8,10H2,1-3H3,(H,30,35). The summed E-state index contributed by atoms with van der Waals surface area (Å²) in [4.78, 5) is 30.1. The molecule has 36 heavy (non-hydrogen) atoms. The lowest BCUT2D eigenvalue weighted by atomic mass is 10.0. The van der Waals surface area contributed by atoms with Gasteiger partial charge >= 0.3 is 12.3 Å². The Labute approximate surface area is 210 Å². The van der Waals surface area contributed by atoms with E-state index in [1.807, 2.05) is 0 Å². The molecular weight excluding hydrogens is 562 g/mol. The molecule has 2 amide bonds. The molecule has 14 heteroatoms. The number of hydrogen-bond acceptors (Lipinski definition) is 4. The lowest BCUT2D eigenvalue weighted by Crippen LogP contribution is -2.45. The molecule has 1 aliphatic rings. The second-order valence-electron chi connectivity index (χ2n) is 9.25. The first-order valence-corrected chi connectivity index (χ1v) is 11.6. The summed E-state index contributed by atoms with van der Waals surface area (Å²) in [5, 5.41) is 2.44. The second kappa shape index (κ2) is 10.3. The Morgan fingerprint density at radius 3 is 2.36 bits per heavy atom. The summed E-state index contributed by atoms with van der Waals surface area (Å²) in [6.45, 7) is 4.37. The Bertz CT molecular complexity index is 1160. The molecule has 1 atom stereocenters. The van der Waals surface area contributed by atoms with Gasteiger partial charge in [0.25, 0.3) is 0 Å². The maximum atomic E-state index is 14.2. The minimum Gasteiger partial charge on any atom is -0.444 e. The maximum Gasteiger partial charge on any atom is 0.449 e. The Hall–Kier alpha value is -2.77. The van der Waals surface area contributed by atoms with Crippen LogP contribution in [-0.2, 0) is 35.2 Å². The molecule has 0 aliphatic carbocycles. The van der Waals surface area contributed by atoms with Gasteiger partial charge in [0, 0.05) is 31.6 Å². The first-order valence-electron chi connectivity index (χ1n) is 10.8. The predicted octanol–water partition coefficient (Wildman–Crippen LogP) is 4.95. The molecule has 1 aromatic heterocycles. The van der Waals surface area contributed by atoms with Gasteiger partial charge in [-0.25, -0.2) is 22.9 Å². The molecule has 0 bridgehead atoms. The molecule has 1 N–H and O–H groups in total. The fourth-order valence-electron chi connectivity index (χ4n) is 3.73. The average Bonchev–Trinajstić information content (AvgIpc) is 3.07. The quantitative estimate of drug-likeness (QED) is 0.398. The van der Waals surface area contributed by atoms with Gasteiger partial charge in [-0.15, -0.1) is 0 Å². The molecule has 1 unspecified atom stereocenters. The van der Waals surface area contributed by atoms with E-state index < -0.39 is 59.5 Å². The minimum atomic E-state index is -4.68. The third-order valence-electron chi connectivity index (χ3n) is 5.26. The van der Waals surface area contributed by atoms with Crippen LogP contribution in [0.15, 0.2) is 16.7 Å². The van der Waals surface area contributed by atoms with E-state index in [9.17, 15) is 35.9 Å². The number of ether oxygens (including phenoxy) is 1. The third kappa shape index (κ3) is 6.71. The first kappa shape index (κ1) is 27.8. The molecule has 2 aromatic rings. The summed E-state index contributed by atoms with van der Waals surface area (Å²) >= 11 is 3.00. The van der Waals surface area contributed by atoms with E-state index in [4.69, 9.17) is 4.74 Å². The molecule has 7 nitrogen and oxygen atoms in total. The van der Waals surface area contributed by atoms with Crippen LogP contribution < -0.4 is 5.32 Å². The molecule has 0 spiro atoms. The summed E-state index contributed by atoms with van der Waals surface area (Å²) in [6.07, 6.45) is -6.38. The van der Waals surface area contributed by atoms with Gasteiger partial charge in [-0.2, -0.15) is 13.2 Å². The molecule has 1 aromatic carbocycles. The van der Waals surface area contributed by atoms with Crippen molar-refractivity contribution in [3.05, 3.63) is 51.3 Å². The Morgan fingerprint density at radius 2 is 1.75 bits per heavy atom. The fraction of sp³-hybridized carbons (Fsp3) is 0.500. The number of amides is 2. The van der Waals surface area contributed by atoms with Gasteiger partial charge in [0.15, 0.2) is 11.6 Å². The zero-order valence-electron chi connectivity index (χ0n) is 19.5. The molecule has 3 rings (SSSR count). The van der Waals surface area contributed by atoms with Crippen molar-refractivity contribution in [2.45, 2.75) is 64.5 Å². The molecule has 0 saturated heterocycles. The van der Waals surface area contributed by atoms with Crippen LogP contribution in [-0.4, -0.2) is 44.6 Å². The number of imidazole rings is 1. The number of fused-ring (bicyclic) bond motifs is 1. The molecular formula is C22H23BrF6N4O3. The van der Waals surface area contributed by atoms with Crippen LogP contribution >= 0.6 is 15.9 Å². The van der Waals surface area contributed by atoms with E-state index in [-0.39, 0.29) is 41.9 Å². The van der Waals surface area contributed by atoms with Gasteiger partial charge in [-0.3, -0.25) is 4.79 Å². The second-order valence-corrected chi connectivity index (χ2v) is 10.00. The van der Waals surface area contributed by atoms with Crippen LogP contribution in [0.2, 0.25) is 0 Å². The zero-order valence-corrected chi connectivity index (χ0v) is 21.1. The lowest BCUT2D eigenvalue weighted by Gasteiger charge is -2.31. The number of aromatic nitrogens is 2. The SMILES string of the molecule is CC(C)(C)OC(=O)NC(CC(=O)N1CCn2c(C(F)(F)F)nc(Br)c2C1)Cc1cc(F)c(F)cc1F. The van der Waals surface area contributed by atoms with Crippen molar-refractivity contribution in [2.24, 2.45) is 0 Å². The molecule has 2 heterocycles. The summed E-state index contributed by atoms with van der Waals surface area (Å²) in [5.41, 5.74) is -1.03. The number of benzene rings is 1. The van der Waals surface area contributed by atoms with E-state index in [2.05, 4.69) is 26.2 Å². The average molecular weight is 585 g/mol. The zero-order chi connectivity index (χ0) is 27.0. The Kier molecular flexibility index (Phi) is 7.96. The molecule has 0 fully saturated rings.